The van der Waals surface area contributed by atoms with Crippen molar-refractivity contribution in [1.29, 1.82) is 0 Å². The second-order valence-electron chi connectivity index (χ2n) is 5.50. The van der Waals surface area contributed by atoms with E-state index in [2.05, 4.69) is 56.6 Å². The molecule has 0 aromatic heterocycles. The molecule has 0 N–H and O–H groups in total. The van der Waals surface area contributed by atoms with Crippen LogP contribution in [-0.2, 0) is 0 Å². The van der Waals surface area contributed by atoms with Gasteiger partial charge in [0.2, 0.25) is 0 Å². The lowest BCUT2D eigenvalue weighted by atomic mass is 11.8. The molecule has 0 aliphatic rings. The van der Waals surface area contributed by atoms with Crippen LogP contribution in [0.2, 0.25) is 39.3 Å². The van der Waals surface area contributed by atoms with Gasteiger partial charge in [-0.1, -0.05) is 47.4 Å². The van der Waals surface area contributed by atoms with Crippen molar-refractivity contribution in [2.75, 3.05) is 13.3 Å². The summed E-state index contributed by atoms with van der Waals surface area (Å²) in [5.74, 6) is 0. The maximum Gasteiger partial charge on any atom is 0.115 e. The van der Waals surface area contributed by atoms with Crippen LogP contribution in [0.4, 0.5) is 0 Å². The lowest BCUT2D eigenvalue weighted by Gasteiger charge is -2.46. The predicted octanol–water partition coefficient (Wildman–Crippen LogP) is 3.61. The monoisotopic (exact) mass is 221 g/mol. The zero-order valence-corrected chi connectivity index (χ0v) is 12.8. The first-order chi connectivity index (χ1) is 5.07. The van der Waals surface area contributed by atoms with Crippen LogP contribution in [0.15, 0.2) is 0 Å². The molecule has 0 aromatic carbocycles. The molecular weight excluding hydrogens is 197 g/mol. The average molecular weight is 221 g/mol. The fourth-order valence-corrected chi connectivity index (χ4v) is 19.9. The van der Waals surface area contributed by atoms with E-state index in [0.717, 1.165) is 0 Å². The third-order valence-electron chi connectivity index (χ3n) is 1.67. The van der Waals surface area contributed by atoms with Crippen molar-refractivity contribution in [2.24, 2.45) is 0 Å². The number of nitrogens with zero attached hydrogens (tertiary/aromatic N) is 1. The van der Waals surface area contributed by atoms with E-state index in [-0.39, 0.29) is 8.07 Å². The minimum atomic E-state index is -1.06. The van der Waals surface area contributed by atoms with Crippen molar-refractivity contribution in [1.82, 2.24) is 4.00 Å². The van der Waals surface area contributed by atoms with Crippen LogP contribution in [0.5, 0.6) is 0 Å². The van der Waals surface area contributed by atoms with Crippen LogP contribution >= 0.6 is 8.07 Å². The van der Waals surface area contributed by atoms with Gasteiger partial charge in [-0.3, -0.25) is 0 Å². The zero-order chi connectivity index (χ0) is 10.2. The molecule has 0 saturated carbocycles. The van der Waals surface area contributed by atoms with Gasteiger partial charge >= 0.3 is 0 Å². The van der Waals surface area contributed by atoms with Crippen LogP contribution in [0.25, 0.3) is 0 Å². The second kappa shape index (κ2) is 3.91. The highest BCUT2D eigenvalue weighted by Crippen LogP contribution is 2.41. The summed E-state index contributed by atoms with van der Waals surface area (Å²) in [5.41, 5.74) is 0. The summed E-state index contributed by atoms with van der Waals surface area (Å²) in [6, 6.07) is 0. The number of hydrogen-bond donors (Lipinski definition) is 0. The van der Waals surface area contributed by atoms with E-state index >= 15 is 0 Å². The van der Waals surface area contributed by atoms with E-state index in [1.807, 2.05) is 0 Å². The molecule has 0 unspecified atom stereocenters. The van der Waals surface area contributed by atoms with E-state index in [1.165, 1.54) is 0 Å². The molecule has 0 amide bonds. The lowest BCUT2D eigenvalue weighted by molar-refractivity contribution is 0.975. The van der Waals surface area contributed by atoms with E-state index in [9.17, 15) is 0 Å². The Labute approximate surface area is 81.5 Å². The molecule has 74 valence electrons. The molecule has 0 heterocycles. The number of hydrogen-bond acceptors (Lipinski definition) is 1. The fraction of sp³-hybridized carbons (Fsp3) is 1.00. The van der Waals surface area contributed by atoms with Gasteiger partial charge in [-0.25, -0.2) is 0 Å². The number of rotatable bonds is 3. The molecule has 0 aliphatic carbocycles. The molecule has 0 aliphatic heterocycles. The lowest BCUT2D eigenvalue weighted by Crippen LogP contribution is -2.55. The molecule has 4 heteroatoms. The van der Waals surface area contributed by atoms with E-state index in [1.54, 1.807) is 0 Å². The Morgan fingerprint density at radius 2 is 1.00 bits per heavy atom. The molecule has 0 spiro atoms. The summed E-state index contributed by atoms with van der Waals surface area (Å²) in [6.07, 6.45) is 0. The van der Waals surface area contributed by atoms with Gasteiger partial charge in [0.25, 0.3) is 0 Å². The fourth-order valence-electron chi connectivity index (χ4n) is 2.21. The van der Waals surface area contributed by atoms with E-state index in [4.69, 9.17) is 0 Å². The molecule has 0 atom stereocenters. The van der Waals surface area contributed by atoms with Crippen molar-refractivity contribution in [3.05, 3.63) is 0 Å². The maximum absolute atomic E-state index is 2.88. The molecular formula is C8H24NPSi2. The minimum Gasteiger partial charge on any atom is -0.325 e. The molecule has 0 bridgehead atoms. The van der Waals surface area contributed by atoms with Crippen molar-refractivity contribution >= 4 is 24.5 Å². The Hall–Kier alpha value is 0.824. The summed E-state index contributed by atoms with van der Waals surface area (Å²) in [4.78, 5) is 0. The maximum atomic E-state index is 2.88. The first-order valence-electron chi connectivity index (χ1n) is 4.54. The highest BCUT2D eigenvalue weighted by Gasteiger charge is 2.35. The molecule has 12 heavy (non-hydrogen) atoms. The van der Waals surface area contributed by atoms with Gasteiger partial charge < -0.3 is 4.00 Å². The molecule has 0 saturated heterocycles. The quantitative estimate of drug-likeness (QED) is 0.520. The van der Waals surface area contributed by atoms with Gasteiger partial charge in [-0.15, -0.1) is 0 Å². The zero-order valence-electron chi connectivity index (χ0n) is 9.89. The summed E-state index contributed by atoms with van der Waals surface area (Å²) in [5, 5.41) is 0. The summed E-state index contributed by atoms with van der Waals surface area (Å²) < 4.78 is 2.88. The molecule has 0 aromatic rings. The van der Waals surface area contributed by atoms with Gasteiger partial charge in [0.05, 0.1) is 0 Å². The van der Waals surface area contributed by atoms with Crippen molar-refractivity contribution < 1.29 is 0 Å². The van der Waals surface area contributed by atoms with Crippen molar-refractivity contribution in [3.63, 3.8) is 0 Å². The molecule has 0 rings (SSSR count). The highest BCUT2D eigenvalue weighted by molar-refractivity contribution is 7.58. The smallest absolute Gasteiger partial charge is 0.115 e. The van der Waals surface area contributed by atoms with Crippen molar-refractivity contribution in [3.8, 4) is 0 Å². The van der Waals surface area contributed by atoms with Crippen LogP contribution < -0.4 is 0 Å². The largest absolute Gasteiger partial charge is 0.325 e. The Balaban J connectivity index is 4.70. The van der Waals surface area contributed by atoms with Gasteiger partial charge in [0.15, 0.2) is 0 Å². The predicted molar refractivity (Wildman–Crippen MR) is 67.3 cm³/mol. The normalized spacial score (nSPS) is 14.5. The van der Waals surface area contributed by atoms with Crippen LogP contribution in [0, 0.1) is 0 Å². The van der Waals surface area contributed by atoms with Gasteiger partial charge in [-0.2, -0.15) is 0 Å². The van der Waals surface area contributed by atoms with Gasteiger partial charge in [-0.05, 0) is 13.3 Å². The SMILES string of the molecule is CP(C)N([Si](C)(C)C)[Si](C)(C)C. The summed E-state index contributed by atoms with van der Waals surface area (Å²) in [7, 11) is -2.01. The third kappa shape index (κ3) is 3.69. The van der Waals surface area contributed by atoms with Gasteiger partial charge in [0, 0.05) is 0 Å². The first-order valence-corrected chi connectivity index (χ1v) is 13.6. The Morgan fingerprint density at radius 1 is 0.750 bits per heavy atom. The van der Waals surface area contributed by atoms with Crippen LogP contribution in [0.1, 0.15) is 0 Å². The van der Waals surface area contributed by atoms with E-state index < -0.39 is 16.5 Å². The molecule has 1 nitrogen and oxygen atoms in total. The molecule has 0 radical (unpaired) electrons. The first kappa shape index (κ1) is 12.8. The summed E-state index contributed by atoms with van der Waals surface area (Å²) >= 11 is 0. The standard InChI is InChI=1S/C8H24NPSi2/c1-10(2)9(11(3,4)5)12(6,7)8/h1-8H3. The Morgan fingerprint density at radius 3 is 1.00 bits per heavy atom. The van der Waals surface area contributed by atoms with Crippen molar-refractivity contribution in [2.45, 2.75) is 39.3 Å². The van der Waals surface area contributed by atoms with Crippen LogP contribution in [-0.4, -0.2) is 33.8 Å². The van der Waals surface area contributed by atoms with Gasteiger partial charge in [0.1, 0.15) is 16.5 Å². The highest BCUT2D eigenvalue weighted by atomic mass is 31.1. The molecule has 0 fully saturated rings. The second-order valence-corrected chi connectivity index (χ2v) is 18.4. The Bertz CT molecular complexity index is 132. The minimum absolute atomic E-state index is 0.117. The topological polar surface area (TPSA) is 3.24 Å². The summed E-state index contributed by atoms with van der Waals surface area (Å²) in [6.45, 7) is 19.6. The van der Waals surface area contributed by atoms with Crippen LogP contribution in [0.3, 0.4) is 0 Å². The third-order valence-corrected chi connectivity index (χ3v) is 15.0. The average Bonchev–Trinajstić information content (AvgIpc) is 1.49. The van der Waals surface area contributed by atoms with E-state index in [0.29, 0.717) is 0 Å². The Kier molecular flexibility index (Phi) is 4.18.